The predicted molar refractivity (Wildman–Crippen MR) is 121 cm³/mol. The lowest BCUT2D eigenvalue weighted by Crippen LogP contribution is -2.41. The number of morpholine rings is 1. The zero-order valence-corrected chi connectivity index (χ0v) is 18.5. The first-order valence-corrected chi connectivity index (χ1v) is 10.8. The molecule has 1 aliphatic rings. The molecule has 0 saturated carbocycles. The summed E-state index contributed by atoms with van der Waals surface area (Å²) in [6, 6.07) is 9.80. The zero-order valence-electron chi connectivity index (χ0n) is 18.5. The van der Waals surface area contributed by atoms with E-state index < -0.39 is 12.3 Å². The first-order chi connectivity index (χ1) is 17.0. The van der Waals surface area contributed by atoms with E-state index in [1.807, 2.05) is 11.8 Å². The van der Waals surface area contributed by atoms with E-state index in [2.05, 4.69) is 30.5 Å². The van der Waals surface area contributed by atoms with Crippen LogP contribution >= 0.6 is 0 Å². The van der Waals surface area contributed by atoms with Gasteiger partial charge in [-0.15, -0.1) is 10.2 Å². The molecule has 0 bridgehead atoms. The van der Waals surface area contributed by atoms with Crippen molar-refractivity contribution in [1.29, 1.82) is 0 Å². The van der Waals surface area contributed by atoms with Crippen molar-refractivity contribution in [3.63, 3.8) is 0 Å². The molecule has 1 aliphatic heterocycles. The average molecular weight is 483 g/mol. The fraction of sp³-hybridized carbons (Fsp3) is 0.261. The third-order valence-corrected chi connectivity index (χ3v) is 5.34. The number of nitrogens with zero attached hydrogens (tertiary/aromatic N) is 6. The Balaban J connectivity index is 1.30. The average Bonchev–Trinajstić information content (AvgIpc) is 3.35. The first kappa shape index (κ1) is 22.7. The lowest BCUT2D eigenvalue weighted by atomic mass is 10.2. The molecule has 12 heteroatoms. The van der Waals surface area contributed by atoms with Crippen LogP contribution in [0.4, 0.5) is 30.5 Å². The number of pyridine rings is 1. The summed E-state index contributed by atoms with van der Waals surface area (Å²) in [5.41, 5.74) is 2.43. The summed E-state index contributed by atoms with van der Waals surface area (Å²) >= 11 is 0. The van der Waals surface area contributed by atoms with Crippen molar-refractivity contribution in [2.24, 2.45) is 0 Å². The van der Waals surface area contributed by atoms with Gasteiger partial charge in [0.1, 0.15) is 5.82 Å². The molecular formula is C23H20F3N7O2. The smallest absolute Gasteiger partial charge is 0.314 e. The second kappa shape index (κ2) is 9.66. The highest BCUT2D eigenvalue weighted by atomic mass is 19.3. The molecule has 0 unspecified atom stereocenters. The van der Waals surface area contributed by atoms with Crippen LogP contribution in [0.25, 0.3) is 22.8 Å². The van der Waals surface area contributed by atoms with Crippen LogP contribution in [0.2, 0.25) is 0 Å². The maximum atomic E-state index is 14.8. The van der Waals surface area contributed by atoms with E-state index in [9.17, 15) is 13.2 Å². The van der Waals surface area contributed by atoms with E-state index in [4.69, 9.17) is 9.15 Å². The van der Waals surface area contributed by atoms with Gasteiger partial charge < -0.3 is 19.4 Å². The van der Waals surface area contributed by atoms with Crippen LogP contribution in [0.3, 0.4) is 0 Å². The maximum absolute atomic E-state index is 14.8. The van der Waals surface area contributed by atoms with E-state index >= 15 is 0 Å². The van der Waals surface area contributed by atoms with Crippen LogP contribution < -0.4 is 10.2 Å². The van der Waals surface area contributed by atoms with Crippen LogP contribution in [0.15, 0.2) is 53.2 Å². The number of hydrogen-bond donors (Lipinski definition) is 1. The number of rotatable bonds is 6. The minimum Gasteiger partial charge on any atom is -0.415 e. The number of hydrogen-bond acceptors (Lipinski definition) is 9. The molecule has 1 saturated heterocycles. The van der Waals surface area contributed by atoms with Gasteiger partial charge in [-0.1, -0.05) is 0 Å². The quantitative estimate of drug-likeness (QED) is 0.420. The van der Waals surface area contributed by atoms with E-state index in [1.165, 1.54) is 12.3 Å². The fourth-order valence-corrected chi connectivity index (χ4v) is 3.68. The second-order valence-corrected chi connectivity index (χ2v) is 7.86. The molecule has 1 fully saturated rings. The molecule has 4 aromatic rings. The van der Waals surface area contributed by atoms with Crippen molar-refractivity contribution in [1.82, 2.24) is 25.1 Å². The molecule has 1 atom stereocenters. The highest BCUT2D eigenvalue weighted by Gasteiger charge is 2.20. The van der Waals surface area contributed by atoms with Gasteiger partial charge in [0.15, 0.2) is 0 Å². The van der Waals surface area contributed by atoms with Gasteiger partial charge in [0.2, 0.25) is 11.8 Å². The van der Waals surface area contributed by atoms with Crippen molar-refractivity contribution in [3.05, 3.63) is 60.5 Å². The number of benzene rings is 1. The topological polar surface area (TPSA) is 102 Å². The summed E-state index contributed by atoms with van der Waals surface area (Å²) in [5, 5.41) is 9.92. The van der Waals surface area contributed by atoms with Gasteiger partial charge in [0.05, 0.1) is 35.3 Å². The highest BCUT2D eigenvalue weighted by molar-refractivity contribution is 5.63. The molecule has 0 amide bonds. The largest absolute Gasteiger partial charge is 0.415 e. The fourth-order valence-electron chi connectivity index (χ4n) is 3.68. The zero-order chi connectivity index (χ0) is 24.4. The molecule has 0 spiro atoms. The highest BCUT2D eigenvalue weighted by Crippen LogP contribution is 2.27. The summed E-state index contributed by atoms with van der Waals surface area (Å²) in [5.74, 6) is -0.895. The molecule has 0 radical (unpaired) electrons. The summed E-state index contributed by atoms with van der Waals surface area (Å²) in [7, 11) is 0. The van der Waals surface area contributed by atoms with E-state index in [0.29, 0.717) is 48.0 Å². The number of halogens is 3. The summed E-state index contributed by atoms with van der Waals surface area (Å²) in [4.78, 5) is 14.9. The Morgan fingerprint density at radius 2 is 1.97 bits per heavy atom. The lowest BCUT2D eigenvalue weighted by molar-refractivity contribution is 0.0530. The minimum atomic E-state index is -2.84. The number of anilines is 3. The number of alkyl halides is 2. The van der Waals surface area contributed by atoms with Gasteiger partial charge >= 0.3 is 6.43 Å². The van der Waals surface area contributed by atoms with Gasteiger partial charge in [-0.25, -0.2) is 14.4 Å². The van der Waals surface area contributed by atoms with E-state index in [0.717, 1.165) is 0 Å². The lowest BCUT2D eigenvalue weighted by Gasteiger charge is -2.33. The third-order valence-electron chi connectivity index (χ3n) is 5.34. The molecule has 4 heterocycles. The van der Waals surface area contributed by atoms with Gasteiger partial charge in [-0.3, -0.25) is 4.98 Å². The summed E-state index contributed by atoms with van der Waals surface area (Å²) in [6.45, 7) is 3.77. The molecule has 9 nitrogen and oxygen atoms in total. The van der Waals surface area contributed by atoms with Gasteiger partial charge in [-0.05, 0) is 43.3 Å². The predicted octanol–water partition coefficient (Wildman–Crippen LogP) is 4.63. The SMILES string of the molecule is C[C@H]1CN(c2ccc(Nc3nccc(-c4ccc(-c5nnc(C(F)F)o5)cn4)n3)cc2F)CCO1. The Labute approximate surface area is 198 Å². The Bertz CT molecular complexity index is 1320. The molecule has 1 N–H and O–H groups in total. The Morgan fingerprint density at radius 3 is 2.69 bits per heavy atom. The normalized spacial score (nSPS) is 16.0. The van der Waals surface area contributed by atoms with Crippen LogP contribution in [0.1, 0.15) is 19.2 Å². The molecule has 0 aliphatic carbocycles. The van der Waals surface area contributed by atoms with Gasteiger partial charge in [-0.2, -0.15) is 8.78 Å². The Morgan fingerprint density at radius 1 is 1.09 bits per heavy atom. The number of aromatic nitrogens is 5. The molecular weight excluding hydrogens is 463 g/mol. The first-order valence-electron chi connectivity index (χ1n) is 10.8. The van der Waals surface area contributed by atoms with Gasteiger partial charge in [0, 0.05) is 31.2 Å². The molecule has 35 heavy (non-hydrogen) atoms. The van der Waals surface area contributed by atoms with Crippen LogP contribution in [0.5, 0.6) is 0 Å². The van der Waals surface area contributed by atoms with Gasteiger partial charge in [0.25, 0.3) is 5.89 Å². The van der Waals surface area contributed by atoms with Crippen LogP contribution in [0, 0.1) is 5.82 Å². The molecule has 5 rings (SSSR count). The molecule has 3 aromatic heterocycles. The Kier molecular flexibility index (Phi) is 6.27. The molecule has 1 aromatic carbocycles. The van der Waals surface area contributed by atoms with Crippen LogP contribution in [-0.2, 0) is 4.74 Å². The summed E-state index contributed by atoms with van der Waals surface area (Å²) < 4.78 is 50.6. The standard InChI is InChI=1S/C23H20F3N7O2/c1-13-12-33(8-9-34-13)19-5-3-15(10-16(19)24)29-23-27-7-6-18(30-23)17-4-2-14(11-28-17)21-31-32-22(35-21)20(25)26/h2-7,10-11,13,20H,8-9,12H2,1H3,(H,27,29,30)/t13-/m0/s1. The third kappa shape index (κ3) is 5.06. The minimum absolute atomic E-state index is 0.0434. The van der Waals surface area contributed by atoms with E-state index in [1.54, 1.807) is 36.5 Å². The van der Waals surface area contributed by atoms with Crippen molar-refractivity contribution in [3.8, 4) is 22.8 Å². The van der Waals surface area contributed by atoms with Crippen molar-refractivity contribution in [2.75, 3.05) is 29.9 Å². The van der Waals surface area contributed by atoms with E-state index in [-0.39, 0.29) is 23.8 Å². The number of nitrogens with one attached hydrogen (secondary N) is 1. The molecule has 180 valence electrons. The van der Waals surface area contributed by atoms with Crippen molar-refractivity contribution in [2.45, 2.75) is 19.5 Å². The number of ether oxygens (including phenoxy) is 1. The summed E-state index contributed by atoms with van der Waals surface area (Å²) in [6.07, 6.45) is 0.172. The Hall–Kier alpha value is -4.06. The van der Waals surface area contributed by atoms with Crippen molar-refractivity contribution >= 4 is 17.3 Å². The van der Waals surface area contributed by atoms with Crippen LogP contribution in [-0.4, -0.2) is 50.9 Å². The van der Waals surface area contributed by atoms with Crippen molar-refractivity contribution < 1.29 is 22.3 Å². The maximum Gasteiger partial charge on any atom is 0.314 e. The second-order valence-electron chi connectivity index (χ2n) is 7.86. The monoisotopic (exact) mass is 483 g/mol.